The summed E-state index contributed by atoms with van der Waals surface area (Å²) in [4.78, 5) is 19.4. The zero-order valence-corrected chi connectivity index (χ0v) is 20.7. The number of hydrogen-bond donors (Lipinski definition) is 1. The molecule has 1 N–H and O–H groups in total. The molecule has 0 radical (unpaired) electrons. The van der Waals surface area contributed by atoms with E-state index in [0.717, 1.165) is 56.8 Å². The summed E-state index contributed by atoms with van der Waals surface area (Å²) in [5.41, 5.74) is 4.99. The third kappa shape index (κ3) is 4.81. The van der Waals surface area contributed by atoms with Gasteiger partial charge in [-0.1, -0.05) is 24.3 Å². The largest absolute Gasteiger partial charge is 0.377 e. The van der Waals surface area contributed by atoms with Gasteiger partial charge in [0.25, 0.3) is 0 Å². The van der Waals surface area contributed by atoms with Crippen LogP contribution in [0.3, 0.4) is 0 Å². The van der Waals surface area contributed by atoms with Crippen LogP contribution in [-0.4, -0.2) is 47.3 Å². The Labute approximate surface area is 207 Å². The Morgan fingerprint density at radius 1 is 1.06 bits per heavy atom. The van der Waals surface area contributed by atoms with Crippen LogP contribution in [0.2, 0.25) is 0 Å². The average Bonchev–Trinajstić information content (AvgIpc) is 3.60. The van der Waals surface area contributed by atoms with Gasteiger partial charge in [0.15, 0.2) is 0 Å². The SMILES string of the molecule is Cc1nc2ccccc2n1C1CC2COC[C@H](C1)N2c1cccc(CCCNC(=O)CC2CC2)c1. The smallest absolute Gasteiger partial charge is 0.220 e. The zero-order valence-electron chi connectivity index (χ0n) is 20.7. The summed E-state index contributed by atoms with van der Waals surface area (Å²) in [7, 11) is 0. The number of amides is 1. The number of imidazole rings is 1. The molecule has 3 aromatic rings. The summed E-state index contributed by atoms with van der Waals surface area (Å²) < 4.78 is 8.49. The van der Waals surface area contributed by atoms with Crippen molar-refractivity contribution in [3.05, 3.63) is 59.9 Å². The van der Waals surface area contributed by atoms with Crippen molar-refractivity contribution in [2.75, 3.05) is 24.7 Å². The fraction of sp³-hybridized carbons (Fsp3) is 0.517. The first-order valence-corrected chi connectivity index (χ1v) is 13.3. The molecule has 2 saturated heterocycles. The van der Waals surface area contributed by atoms with Crippen LogP contribution in [0, 0.1) is 12.8 Å². The lowest BCUT2D eigenvalue weighted by atomic mass is 9.88. The predicted octanol–water partition coefficient (Wildman–Crippen LogP) is 4.80. The molecule has 1 saturated carbocycles. The Bertz CT molecular complexity index is 1190. The quantitative estimate of drug-likeness (QED) is 0.479. The average molecular weight is 473 g/mol. The molecule has 1 aliphatic carbocycles. The number of carbonyl (C=O) groups is 1. The molecule has 2 bridgehead atoms. The van der Waals surface area contributed by atoms with Crippen LogP contribution < -0.4 is 10.2 Å². The summed E-state index contributed by atoms with van der Waals surface area (Å²) in [6.45, 7) is 4.45. The Kier molecular flexibility index (Phi) is 6.23. The number of aryl methyl sites for hydroxylation is 2. The molecule has 184 valence electrons. The number of fused-ring (bicyclic) bond motifs is 3. The van der Waals surface area contributed by atoms with Gasteiger partial charge in [-0.15, -0.1) is 0 Å². The van der Waals surface area contributed by atoms with Crippen molar-refractivity contribution >= 4 is 22.6 Å². The van der Waals surface area contributed by atoms with Gasteiger partial charge < -0.3 is 19.5 Å². The number of para-hydroxylation sites is 2. The monoisotopic (exact) mass is 472 g/mol. The van der Waals surface area contributed by atoms with Gasteiger partial charge in [-0.3, -0.25) is 4.79 Å². The lowest BCUT2D eigenvalue weighted by molar-refractivity contribution is -0.121. The van der Waals surface area contributed by atoms with Crippen LogP contribution in [0.4, 0.5) is 5.69 Å². The van der Waals surface area contributed by atoms with E-state index in [1.54, 1.807) is 0 Å². The van der Waals surface area contributed by atoms with Gasteiger partial charge in [-0.2, -0.15) is 0 Å². The van der Waals surface area contributed by atoms with E-state index in [0.29, 0.717) is 30.5 Å². The topological polar surface area (TPSA) is 59.4 Å². The lowest BCUT2D eigenvalue weighted by Crippen LogP contribution is -2.57. The number of hydrogen-bond acceptors (Lipinski definition) is 4. The number of nitrogens with zero attached hydrogens (tertiary/aromatic N) is 3. The molecular weight excluding hydrogens is 436 g/mol. The molecule has 6 heteroatoms. The molecule has 3 heterocycles. The molecular formula is C29H36N4O2. The zero-order chi connectivity index (χ0) is 23.8. The molecule has 2 aromatic carbocycles. The van der Waals surface area contributed by atoms with Crippen LogP contribution in [0.15, 0.2) is 48.5 Å². The molecule has 3 aliphatic rings. The van der Waals surface area contributed by atoms with E-state index in [9.17, 15) is 4.79 Å². The van der Waals surface area contributed by atoms with Crippen molar-refractivity contribution in [1.82, 2.24) is 14.9 Å². The first-order valence-electron chi connectivity index (χ1n) is 13.3. The van der Waals surface area contributed by atoms with E-state index in [4.69, 9.17) is 9.72 Å². The second-order valence-corrected chi connectivity index (χ2v) is 10.7. The highest BCUT2D eigenvalue weighted by atomic mass is 16.5. The highest BCUT2D eigenvalue weighted by molar-refractivity contribution is 5.76. The fourth-order valence-corrected chi connectivity index (χ4v) is 6.19. The third-order valence-electron chi connectivity index (χ3n) is 7.98. The number of rotatable bonds is 8. The van der Waals surface area contributed by atoms with Crippen LogP contribution in [0.5, 0.6) is 0 Å². The normalized spacial score (nSPS) is 24.0. The summed E-state index contributed by atoms with van der Waals surface area (Å²) in [5, 5.41) is 3.10. The van der Waals surface area contributed by atoms with Crippen LogP contribution in [-0.2, 0) is 16.0 Å². The number of morpholine rings is 1. The highest BCUT2D eigenvalue weighted by Crippen LogP contribution is 2.39. The molecule has 2 aliphatic heterocycles. The number of aromatic nitrogens is 2. The van der Waals surface area contributed by atoms with E-state index in [-0.39, 0.29) is 5.91 Å². The van der Waals surface area contributed by atoms with Crippen molar-refractivity contribution in [3.8, 4) is 0 Å². The second kappa shape index (κ2) is 9.65. The minimum Gasteiger partial charge on any atom is -0.377 e. The molecule has 1 aromatic heterocycles. The van der Waals surface area contributed by atoms with Gasteiger partial charge in [0.05, 0.1) is 36.3 Å². The predicted molar refractivity (Wildman–Crippen MR) is 139 cm³/mol. The molecule has 3 fully saturated rings. The van der Waals surface area contributed by atoms with Gasteiger partial charge in [0.2, 0.25) is 5.91 Å². The van der Waals surface area contributed by atoms with Gasteiger partial charge >= 0.3 is 0 Å². The number of anilines is 1. The van der Waals surface area contributed by atoms with Gasteiger partial charge in [0, 0.05) is 24.7 Å². The number of ether oxygens (including phenoxy) is 1. The summed E-state index contributed by atoms with van der Waals surface area (Å²) in [5.74, 6) is 1.98. The molecule has 6 rings (SSSR count). The van der Waals surface area contributed by atoms with Crippen molar-refractivity contribution in [2.24, 2.45) is 5.92 Å². The summed E-state index contributed by atoms with van der Waals surface area (Å²) in [6, 6.07) is 18.7. The second-order valence-electron chi connectivity index (χ2n) is 10.7. The van der Waals surface area contributed by atoms with Crippen LogP contribution >= 0.6 is 0 Å². The van der Waals surface area contributed by atoms with E-state index in [1.165, 1.54) is 29.6 Å². The van der Waals surface area contributed by atoms with Crippen molar-refractivity contribution in [1.29, 1.82) is 0 Å². The number of benzene rings is 2. The minimum absolute atomic E-state index is 0.220. The van der Waals surface area contributed by atoms with Crippen LogP contribution in [0.25, 0.3) is 11.0 Å². The number of piperidine rings is 1. The molecule has 1 amide bonds. The Balaban J connectivity index is 1.13. The maximum absolute atomic E-state index is 11.9. The first kappa shape index (κ1) is 22.6. The van der Waals surface area contributed by atoms with Crippen molar-refractivity contribution in [2.45, 2.75) is 70.0 Å². The number of nitrogens with one attached hydrogen (secondary N) is 1. The molecule has 2 unspecified atom stereocenters. The van der Waals surface area contributed by atoms with E-state index in [2.05, 4.69) is 70.2 Å². The molecule has 0 spiro atoms. The van der Waals surface area contributed by atoms with E-state index < -0.39 is 0 Å². The summed E-state index contributed by atoms with van der Waals surface area (Å²) >= 11 is 0. The van der Waals surface area contributed by atoms with E-state index in [1.807, 2.05) is 0 Å². The van der Waals surface area contributed by atoms with E-state index >= 15 is 0 Å². The standard InChI is InChI=1S/C29H36N4O2/c1-20-31-27-9-2-3-10-28(27)32(20)24-16-25-18-35-19-26(17-24)33(25)23-8-4-6-21(14-23)7-5-13-30-29(34)15-22-11-12-22/h2-4,6,8-10,14,22,24-26H,5,7,11-13,15-19H2,1H3,(H,30,34)/t24?,25-,26?/m0/s1. The number of carbonyl (C=O) groups excluding carboxylic acids is 1. The van der Waals surface area contributed by atoms with Crippen molar-refractivity contribution in [3.63, 3.8) is 0 Å². The molecule has 3 atom stereocenters. The van der Waals surface area contributed by atoms with Gasteiger partial charge in [-0.25, -0.2) is 4.98 Å². The molecule has 35 heavy (non-hydrogen) atoms. The maximum atomic E-state index is 11.9. The summed E-state index contributed by atoms with van der Waals surface area (Å²) in [6.07, 6.45) is 7.26. The Morgan fingerprint density at radius 3 is 2.66 bits per heavy atom. The third-order valence-corrected chi connectivity index (χ3v) is 7.98. The van der Waals surface area contributed by atoms with Gasteiger partial charge in [-0.05, 0) is 81.2 Å². The molecule has 6 nitrogen and oxygen atoms in total. The minimum atomic E-state index is 0.220. The first-order chi connectivity index (χ1) is 17.2. The van der Waals surface area contributed by atoms with Crippen LogP contribution in [0.1, 0.15) is 56.0 Å². The highest BCUT2D eigenvalue weighted by Gasteiger charge is 2.40. The maximum Gasteiger partial charge on any atom is 0.220 e. The Morgan fingerprint density at radius 2 is 1.86 bits per heavy atom. The lowest BCUT2D eigenvalue weighted by Gasteiger charge is -2.50. The van der Waals surface area contributed by atoms with Crippen molar-refractivity contribution < 1.29 is 9.53 Å². The fourth-order valence-electron chi connectivity index (χ4n) is 6.19. The Hall–Kier alpha value is -2.86. The van der Waals surface area contributed by atoms with Gasteiger partial charge in [0.1, 0.15) is 5.82 Å².